The van der Waals surface area contributed by atoms with Crippen LogP contribution in [0.25, 0.3) is 0 Å². The van der Waals surface area contributed by atoms with Crippen molar-refractivity contribution in [1.29, 1.82) is 0 Å². The molecule has 0 saturated carbocycles. The first-order valence-electron chi connectivity index (χ1n) is 5.18. The Morgan fingerprint density at radius 3 is 2.79 bits per heavy atom. The molecule has 0 amide bonds. The Hall–Kier alpha value is -0.860. The molecule has 1 atom stereocenters. The van der Waals surface area contributed by atoms with Crippen LogP contribution < -0.4 is 0 Å². The van der Waals surface area contributed by atoms with Gasteiger partial charge in [-0.2, -0.15) is 0 Å². The van der Waals surface area contributed by atoms with Crippen molar-refractivity contribution in [3.8, 4) is 0 Å². The molecule has 0 aliphatic carbocycles. The molecule has 1 saturated heterocycles. The molecule has 0 unspecified atom stereocenters. The molecule has 1 aliphatic heterocycles. The Bertz CT molecular complexity index is 273. The molecule has 2 rings (SSSR count). The van der Waals surface area contributed by atoms with Crippen LogP contribution in [0.4, 0.5) is 0 Å². The Morgan fingerprint density at radius 2 is 2.14 bits per heavy atom. The van der Waals surface area contributed by atoms with Gasteiger partial charge in [0.1, 0.15) is 0 Å². The Labute approximate surface area is 85.5 Å². The molecule has 2 heteroatoms. The topological polar surface area (TPSA) is 12.5 Å². The second-order valence-corrected chi connectivity index (χ2v) is 3.97. The number of ether oxygens (including phenoxy) is 1. The quantitative estimate of drug-likeness (QED) is 0.723. The van der Waals surface area contributed by atoms with Gasteiger partial charge in [0.2, 0.25) is 0 Å². The van der Waals surface area contributed by atoms with Gasteiger partial charge in [-0.05, 0) is 19.0 Å². The van der Waals surface area contributed by atoms with Crippen molar-refractivity contribution in [2.24, 2.45) is 0 Å². The highest BCUT2D eigenvalue weighted by atomic mass is 16.5. The average Bonchev–Trinajstić information content (AvgIpc) is 2.63. The number of likely N-dealkylation sites (N-methyl/N-ethyl adjacent to an activating group) is 1. The van der Waals surface area contributed by atoms with Crippen LogP contribution in [0.2, 0.25) is 0 Å². The predicted octanol–water partition coefficient (Wildman–Crippen LogP) is 1.91. The molecule has 2 nitrogen and oxygen atoms in total. The highest BCUT2D eigenvalue weighted by Gasteiger charge is 2.19. The van der Waals surface area contributed by atoms with Crippen LogP contribution in [0, 0.1) is 0 Å². The van der Waals surface area contributed by atoms with E-state index in [0.29, 0.717) is 6.10 Å². The second kappa shape index (κ2) is 4.58. The van der Waals surface area contributed by atoms with Gasteiger partial charge >= 0.3 is 0 Å². The normalized spacial score (nSPS) is 22.8. The summed E-state index contributed by atoms with van der Waals surface area (Å²) in [6, 6.07) is 10.4. The monoisotopic (exact) mass is 191 g/mol. The molecule has 14 heavy (non-hydrogen) atoms. The Kier molecular flexibility index (Phi) is 3.17. The molecule has 1 heterocycles. The van der Waals surface area contributed by atoms with Crippen molar-refractivity contribution >= 4 is 0 Å². The van der Waals surface area contributed by atoms with Crippen molar-refractivity contribution in [2.75, 3.05) is 20.1 Å². The van der Waals surface area contributed by atoms with Gasteiger partial charge in [-0.15, -0.1) is 0 Å². The fraction of sp³-hybridized carbons (Fsp3) is 0.500. The van der Waals surface area contributed by atoms with E-state index in [9.17, 15) is 0 Å². The van der Waals surface area contributed by atoms with Crippen molar-refractivity contribution < 1.29 is 4.74 Å². The second-order valence-electron chi connectivity index (χ2n) is 3.97. The summed E-state index contributed by atoms with van der Waals surface area (Å²) in [6.45, 7) is 2.99. The minimum atomic E-state index is 0.431. The van der Waals surface area contributed by atoms with Gasteiger partial charge in [0.05, 0.1) is 12.7 Å². The van der Waals surface area contributed by atoms with Gasteiger partial charge in [-0.3, -0.25) is 0 Å². The highest BCUT2D eigenvalue weighted by Crippen LogP contribution is 2.12. The maximum Gasteiger partial charge on any atom is 0.0721 e. The molecule has 1 aliphatic rings. The molecule has 0 radical (unpaired) electrons. The number of hydrogen-bond donors (Lipinski definition) is 0. The Balaban J connectivity index is 1.78. The van der Waals surface area contributed by atoms with Gasteiger partial charge in [0, 0.05) is 13.1 Å². The standard InChI is InChI=1S/C12H17NO/c1-13-8-7-12(9-13)14-10-11-5-3-2-4-6-11/h2-6,12H,7-10H2,1H3/t12-/m1/s1. The fourth-order valence-electron chi connectivity index (χ4n) is 1.82. The summed E-state index contributed by atoms with van der Waals surface area (Å²) in [6.07, 6.45) is 1.60. The number of likely N-dealkylation sites (tertiary alicyclic amines) is 1. The van der Waals surface area contributed by atoms with Crippen molar-refractivity contribution in [1.82, 2.24) is 4.90 Å². The molecule has 0 aromatic heterocycles. The Morgan fingerprint density at radius 1 is 1.36 bits per heavy atom. The number of benzene rings is 1. The van der Waals surface area contributed by atoms with E-state index in [0.717, 1.165) is 13.2 Å². The van der Waals surface area contributed by atoms with Crippen LogP contribution in [0.3, 0.4) is 0 Å². The molecule has 0 spiro atoms. The van der Waals surface area contributed by atoms with Gasteiger partial charge in [-0.25, -0.2) is 0 Å². The summed E-state index contributed by atoms with van der Waals surface area (Å²) in [5, 5.41) is 0. The molecular weight excluding hydrogens is 174 g/mol. The SMILES string of the molecule is CN1CC[C@@H](OCc2ccccc2)C1. The minimum absolute atomic E-state index is 0.431. The summed E-state index contributed by atoms with van der Waals surface area (Å²) in [5.74, 6) is 0. The van der Waals surface area contributed by atoms with Crippen LogP contribution >= 0.6 is 0 Å². The lowest BCUT2D eigenvalue weighted by molar-refractivity contribution is 0.0483. The molecule has 1 aromatic rings. The molecule has 1 aromatic carbocycles. The molecule has 76 valence electrons. The van der Waals surface area contributed by atoms with Crippen LogP contribution in [0.5, 0.6) is 0 Å². The van der Waals surface area contributed by atoms with Gasteiger partial charge in [0.15, 0.2) is 0 Å². The fourth-order valence-corrected chi connectivity index (χ4v) is 1.82. The van der Waals surface area contributed by atoms with Crippen LogP contribution in [-0.2, 0) is 11.3 Å². The predicted molar refractivity (Wildman–Crippen MR) is 57.1 cm³/mol. The van der Waals surface area contributed by atoms with E-state index in [2.05, 4.69) is 36.2 Å². The first-order valence-corrected chi connectivity index (χ1v) is 5.18. The third kappa shape index (κ3) is 2.56. The summed E-state index contributed by atoms with van der Waals surface area (Å²) < 4.78 is 5.82. The summed E-state index contributed by atoms with van der Waals surface area (Å²) >= 11 is 0. The zero-order valence-electron chi connectivity index (χ0n) is 8.65. The van der Waals surface area contributed by atoms with E-state index in [1.54, 1.807) is 0 Å². The van der Waals surface area contributed by atoms with Crippen LogP contribution in [0.15, 0.2) is 30.3 Å². The first-order chi connectivity index (χ1) is 6.84. The third-order valence-electron chi connectivity index (χ3n) is 2.68. The van der Waals surface area contributed by atoms with E-state index in [1.165, 1.54) is 18.5 Å². The number of rotatable bonds is 3. The van der Waals surface area contributed by atoms with E-state index in [4.69, 9.17) is 4.74 Å². The highest BCUT2D eigenvalue weighted by molar-refractivity contribution is 5.13. The van der Waals surface area contributed by atoms with Crippen LogP contribution in [0.1, 0.15) is 12.0 Å². The lowest BCUT2D eigenvalue weighted by Crippen LogP contribution is -2.18. The molecule has 0 N–H and O–H groups in total. The number of hydrogen-bond acceptors (Lipinski definition) is 2. The minimum Gasteiger partial charge on any atom is -0.372 e. The van der Waals surface area contributed by atoms with Crippen molar-refractivity contribution in [3.05, 3.63) is 35.9 Å². The van der Waals surface area contributed by atoms with E-state index in [1.807, 2.05) is 6.07 Å². The smallest absolute Gasteiger partial charge is 0.0721 e. The zero-order valence-corrected chi connectivity index (χ0v) is 8.65. The molecule has 0 bridgehead atoms. The summed E-state index contributed by atoms with van der Waals surface area (Å²) in [7, 11) is 2.14. The van der Waals surface area contributed by atoms with E-state index < -0.39 is 0 Å². The lowest BCUT2D eigenvalue weighted by atomic mass is 10.2. The lowest BCUT2D eigenvalue weighted by Gasteiger charge is -2.11. The maximum absolute atomic E-state index is 5.82. The summed E-state index contributed by atoms with van der Waals surface area (Å²) in [4.78, 5) is 2.32. The third-order valence-corrected chi connectivity index (χ3v) is 2.68. The molecular formula is C12H17NO. The van der Waals surface area contributed by atoms with Crippen molar-refractivity contribution in [3.63, 3.8) is 0 Å². The van der Waals surface area contributed by atoms with E-state index >= 15 is 0 Å². The molecule has 1 fully saturated rings. The maximum atomic E-state index is 5.82. The van der Waals surface area contributed by atoms with E-state index in [-0.39, 0.29) is 0 Å². The summed E-state index contributed by atoms with van der Waals surface area (Å²) in [5.41, 5.74) is 1.27. The largest absolute Gasteiger partial charge is 0.372 e. The average molecular weight is 191 g/mol. The van der Waals surface area contributed by atoms with Crippen LogP contribution in [-0.4, -0.2) is 31.1 Å². The van der Waals surface area contributed by atoms with Gasteiger partial charge in [0.25, 0.3) is 0 Å². The van der Waals surface area contributed by atoms with Gasteiger partial charge < -0.3 is 9.64 Å². The van der Waals surface area contributed by atoms with Gasteiger partial charge in [-0.1, -0.05) is 30.3 Å². The number of nitrogens with zero attached hydrogens (tertiary/aromatic N) is 1. The van der Waals surface area contributed by atoms with Crippen molar-refractivity contribution in [2.45, 2.75) is 19.1 Å². The zero-order chi connectivity index (χ0) is 9.80. The first kappa shape index (κ1) is 9.69.